The van der Waals surface area contributed by atoms with Crippen molar-refractivity contribution in [2.45, 2.75) is 32.3 Å². The first-order valence-electron chi connectivity index (χ1n) is 7.73. The number of nitrogens with one attached hydrogen (secondary N) is 1. The molecule has 0 saturated carbocycles. The highest BCUT2D eigenvalue weighted by Gasteiger charge is 2.42. The molecule has 0 spiro atoms. The molecule has 1 aliphatic heterocycles. The minimum Gasteiger partial charge on any atom is -0.445 e. The van der Waals surface area contributed by atoms with E-state index in [1.165, 1.54) is 0 Å². The van der Waals surface area contributed by atoms with Crippen LogP contribution < -0.4 is 5.32 Å². The van der Waals surface area contributed by atoms with Gasteiger partial charge in [-0.3, -0.25) is 4.79 Å². The van der Waals surface area contributed by atoms with Gasteiger partial charge in [-0.15, -0.1) is 0 Å². The molecule has 1 heterocycles. The Hall–Kier alpha value is -2.62. The van der Waals surface area contributed by atoms with E-state index in [1.807, 2.05) is 36.4 Å². The molecular weight excluding hydrogens is 290 g/mol. The summed E-state index contributed by atoms with van der Waals surface area (Å²) in [5.74, 6) is -0.764. The van der Waals surface area contributed by atoms with Crippen LogP contribution in [-0.4, -0.2) is 17.5 Å². The molecule has 2 aromatic carbocycles. The van der Waals surface area contributed by atoms with Gasteiger partial charge in [-0.05, 0) is 42.7 Å². The summed E-state index contributed by atoms with van der Waals surface area (Å²) < 4.78 is 5.44. The zero-order valence-electron chi connectivity index (χ0n) is 13.3. The summed E-state index contributed by atoms with van der Waals surface area (Å²) in [4.78, 5) is 24.8. The second-order valence-corrected chi connectivity index (χ2v) is 5.96. The molecule has 0 saturated heterocycles. The number of rotatable bonds is 3. The molecule has 1 atom stereocenters. The van der Waals surface area contributed by atoms with Gasteiger partial charge < -0.3 is 10.1 Å². The first kappa shape index (κ1) is 15.3. The van der Waals surface area contributed by atoms with Crippen LogP contribution in [0.15, 0.2) is 48.5 Å². The van der Waals surface area contributed by atoms with E-state index in [4.69, 9.17) is 4.74 Å². The molecule has 0 unspecified atom stereocenters. The lowest BCUT2D eigenvalue weighted by molar-refractivity contribution is -0.134. The molecule has 2 aromatic rings. The zero-order valence-corrected chi connectivity index (χ0v) is 13.3. The number of anilines is 1. The number of esters is 1. The van der Waals surface area contributed by atoms with Crippen LogP contribution >= 0.6 is 0 Å². The molecule has 3 rings (SSSR count). The van der Waals surface area contributed by atoms with Crippen LogP contribution in [0.1, 0.15) is 35.3 Å². The number of ether oxygens (including phenoxy) is 1. The van der Waals surface area contributed by atoms with E-state index in [0.717, 1.165) is 17.5 Å². The SMILES string of the molecule is CCc1cccc(NC(=O)[C@]2(C)Cc3ccccc3C(=O)O2)c1. The maximum atomic E-state index is 12.7. The molecule has 118 valence electrons. The molecule has 1 aliphatic rings. The van der Waals surface area contributed by atoms with Gasteiger partial charge in [0.2, 0.25) is 0 Å². The van der Waals surface area contributed by atoms with E-state index in [0.29, 0.717) is 17.7 Å². The highest BCUT2D eigenvalue weighted by Crippen LogP contribution is 2.29. The van der Waals surface area contributed by atoms with Crippen LogP contribution in [0.2, 0.25) is 0 Å². The summed E-state index contributed by atoms with van der Waals surface area (Å²) in [5.41, 5.74) is 2.02. The Kier molecular flexibility index (Phi) is 3.90. The number of amides is 1. The van der Waals surface area contributed by atoms with Gasteiger partial charge >= 0.3 is 5.97 Å². The molecule has 0 fully saturated rings. The lowest BCUT2D eigenvalue weighted by Crippen LogP contribution is -2.48. The van der Waals surface area contributed by atoms with Crippen LogP contribution in [0.3, 0.4) is 0 Å². The number of cyclic esters (lactones) is 1. The maximum Gasteiger partial charge on any atom is 0.339 e. The number of aryl methyl sites for hydroxylation is 1. The minimum atomic E-state index is -1.20. The second-order valence-electron chi connectivity index (χ2n) is 5.96. The van der Waals surface area contributed by atoms with Gasteiger partial charge in [0.15, 0.2) is 5.60 Å². The Bertz CT molecular complexity index is 769. The molecule has 4 heteroatoms. The number of benzene rings is 2. The van der Waals surface area contributed by atoms with E-state index >= 15 is 0 Å². The van der Waals surface area contributed by atoms with Crippen molar-refractivity contribution < 1.29 is 14.3 Å². The van der Waals surface area contributed by atoms with Gasteiger partial charge in [-0.2, -0.15) is 0 Å². The number of carbonyl (C=O) groups is 2. The fourth-order valence-electron chi connectivity index (χ4n) is 2.79. The van der Waals surface area contributed by atoms with Crippen LogP contribution in [-0.2, 0) is 22.4 Å². The molecular formula is C19H19NO3. The Morgan fingerprint density at radius 2 is 2.00 bits per heavy atom. The molecule has 0 aromatic heterocycles. The van der Waals surface area contributed by atoms with Crippen molar-refractivity contribution in [3.8, 4) is 0 Å². The van der Waals surface area contributed by atoms with Crippen LogP contribution in [0, 0.1) is 0 Å². The summed E-state index contributed by atoms with van der Waals surface area (Å²) in [6.45, 7) is 3.71. The van der Waals surface area contributed by atoms with Gasteiger partial charge in [-0.25, -0.2) is 4.79 Å². The van der Waals surface area contributed by atoms with Crippen molar-refractivity contribution in [1.29, 1.82) is 0 Å². The molecule has 23 heavy (non-hydrogen) atoms. The Morgan fingerprint density at radius 1 is 1.22 bits per heavy atom. The highest BCUT2D eigenvalue weighted by molar-refractivity contribution is 6.02. The van der Waals surface area contributed by atoms with Crippen molar-refractivity contribution in [3.05, 3.63) is 65.2 Å². The quantitative estimate of drug-likeness (QED) is 0.885. The third-order valence-electron chi connectivity index (χ3n) is 4.16. The van der Waals surface area contributed by atoms with Gasteiger partial charge in [-0.1, -0.05) is 37.3 Å². The second kappa shape index (κ2) is 5.88. The molecule has 0 aliphatic carbocycles. The fourth-order valence-corrected chi connectivity index (χ4v) is 2.79. The van der Waals surface area contributed by atoms with E-state index in [9.17, 15) is 9.59 Å². The first-order chi connectivity index (χ1) is 11.0. The summed E-state index contributed by atoms with van der Waals surface area (Å²) in [5, 5.41) is 2.86. The van der Waals surface area contributed by atoms with Gasteiger partial charge in [0.25, 0.3) is 5.91 Å². The van der Waals surface area contributed by atoms with Crippen molar-refractivity contribution in [3.63, 3.8) is 0 Å². The summed E-state index contributed by atoms with van der Waals surface area (Å²) in [6.07, 6.45) is 1.26. The minimum absolute atomic E-state index is 0.311. The monoisotopic (exact) mass is 309 g/mol. The number of hydrogen-bond acceptors (Lipinski definition) is 3. The van der Waals surface area contributed by atoms with E-state index < -0.39 is 11.6 Å². The van der Waals surface area contributed by atoms with Gasteiger partial charge in [0, 0.05) is 12.1 Å². The molecule has 1 N–H and O–H groups in total. The third kappa shape index (κ3) is 2.97. The number of hydrogen-bond donors (Lipinski definition) is 1. The third-order valence-corrected chi connectivity index (χ3v) is 4.16. The molecule has 1 amide bonds. The Morgan fingerprint density at radius 3 is 2.78 bits per heavy atom. The average Bonchev–Trinajstić information content (AvgIpc) is 2.55. The van der Waals surface area contributed by atoms with Crippen LogP contribution in [0.5, 0.6) is 0 Å². The molecule has 0 bridgehead atoms. The first-order valence-corrected chi connectivity index (χ1v) is 7.73. The topological polar surface area (TPSA) is 55.4 Å². The summed E-state index contributed by atoms with van der Waals surface area (Å²) >= 11 is 0. The van der Waals surface area contributed by atoms with Crippen molar-refractivity contribution in [1.82, 2.24) is 0 Å². The zero-order chi connectivity index (χ0) is 16.4. The maximum absolute atomic E-state index is 12.7. The fraction of sp³-hybridized carbons (Fsp3) is 0.263. The van der Waals surface area contributed by atoms with Crippen molar-refractivity contribution in [2.24, 2.45) is 0 Å². The van der Waals surface area contributed by atoms with Gasteiger partial charge in [0.05, 0.1) is 5.56 Å². The van der Waals surface area contributed by atoms with Crippen molar-refractivity contribution >= 4 is 17.6 Å². The van der Waals surface area contributed by atoms with Crippen molar-refractivity contribution in [2.75, 3.05) is 5.32 Å². The van der Waals surface area contributed by atoms with E-state index in [2.05, 4.69) is 12.2 Å². The smallest absolute Gasteiger partial charge is 0.339 e. The van der Waals surface area contributed by atoms with E-state index in [-0.39, 0.29) is 5.91 Å². The largest absolute Gasteiger partial charge is 0.445 e. The predicted octanol–water partition coefficient (Wildman–Crippen LogP) is 3.36. The molecule has 4 nitrogen and oxygen atoms in total. The van der Waals surface area contributed by atoms with Crippen LogP contribution in [0.4, 0.5) is 5.69 Å². The number of fused-ring (bicyclic) bond motifs is 1. The predicted molar refractivity (Wildman–Crippen MR) is 88.4 cm³/mol. The normalized spacial score (nSPS) is 19.7. The summed E-state index contributed by atoms with van der Waals surface area (Å²) in [7, 11) is 0. The summed E-state index contributed by atoms with van der Waals surface area (Å²) in [6, 6.07) is 14.9. The van der Waals surface area contributed by atoms with Gasteiger partial charge in [0.1, 0.15) is 0 Å². The number of carbonyl (C=O) groups excluding carboxylic acids is 2. The molecule has 0 radical (unpaired) electrons. The Labute approximate surface area is 135 Å². The standard InChI is InChI=1S/C19H19NO3/c1-3-13-7-6-9-15(11-13)20-18(22)19(2)12-14-8-4-5-10-16(14)17(21)23-19/h4-11H,3,12H2,1-2H3,(H,20,22)/t19-/m0/s1. The van der Waals surface area contributed by atoms with Crippen LogP contribution in [0.25, 0.3) is 0 Å². The highest BCUT2D eigenvalue weighted by atomic mass is 16.6. The Balaban J connectivity index is 1.83. The lowest BCUT2D eigenvalue weighted by atomic mass is 9.89. The van der Waals surface area contributed by atoms with E-state index in [1.54, 1.807) is 19.1 Å². The average molecular weight is 309 g/mol. The lowest BCUT2D eigenvalue weighted by Gasteiger charge is -2.33.